The molecular weight excluding hydrogens is 297 g/mol. The van der Waals surface area contributed by atoms with E-state index in [2.05, 4.69) is 5.32 Å². The molecule has 0 radical (unpaired) electrons. The van der Waals surface area contributed by atoms with Crippen LogP contribution in [0.3, 0.4) is 0 Å². The minimum Gasteiger partial charge on any atom is -0.344 e. The third-order valence-electron chi connectivity index (χ3n) is 4.75. The summed E-state index contributed by atoms with van der Waals surface area (Å²) in [5.41, 5.74) is 6.19. The second-order valence-corrected chi connectivity index (χ2v) is 6.41. The molecule has 3 unspecified atom stereocenters. The SMILES string of the molecule is NC1CCCC(C(=O)NC2CCN(c3ccccc3F)C2=O)C1. The molecule has 2 amide bonds. The minimum absolute atomic E-state index is 0.0636. The van der Waals surface area contributed by atoms with Crippen molar-refractivity contribution in [2.45, 2.75) is 44.2 Å². The summed E-state index contributed by atoms with van der Waals surface area (Å²) < 4.78 is 13.8. The summed E-state index contributed by atoms with van der Waals surface area (Å²) in [4.78, 5) is 26.2. The van der Waals surface area contributed by atoms with Crippen molar-refractivity contribution in [3.05, 3.63) is 30.1 Å². The minimum atomic E-state index is -0.569. The first kappa shape index (κ1) is 15.9. The second kappa shape index (κ2) is 6.66. The van der Waals surface area contributed by atoms with Crippen LogP contribution in [0.5, 0.6) is 0 Å². The molecule has 3 atom stereocenters. The fourth-order valence-electron chi connectivity index (χ4n) is 3.48. The molecule has 0 spiro atoms. The van der Waals surface area contributed by atoms with E-state index in [1.807, 2.05) is 0 Å². The zero-order valence-corrected chi connectivity index (χ0v) is 13.0. The molecule has 6 heteroatoms. The van der Waals surface area contributed by atoms with Gasteiger partial charge in [-0.1, -0.05) is 18.6 Å². The van der Waals surface area contributed by atoms with Crippen molar-refractivity contribution in [1.82, 2.24) is 5.32 Å². The van der Waals surface area contributed by atoms with Crippen LogP contribution in [0.1, 0.15) is 32.1 Å². The van der Waals surface area contributed by atoms with Crippen LogP contribution in [0.2, 0.25) is 0 Å². The van der Waals surface area contributed by atoms with Crippen LogP contribution in [0, 0.1) is 11.7 Å². The fourth-order valence-corrected chi connectivity index (χ4v) is 3.48. The Bertz CT molecular complexity index is 607. The van der Waals surface area contributed by atoms with Gasteiger partial charge >= 0.3 is 0 Å². The van der Waals surface area contributed by atoms with Crippen LogP contribution in [0.4, 0.5) is 10.1 Å². The number of hydrogen-bond acceptors (Lipinski definition) is 3. The zero-order chi connectivity index (χ0) is 16.4. The van der Waals surface area contributed by atoms with Gasteiger partial charge in [0.2, 0.25) is 11.8 Å². The summed E-state index contributed by atoms with van der Waals surface area (Å²) in [5, 5.41) is 2.83. The Labute approximate surface area is 135 Å². The highest BCUT2D eigenvalue weighted by Gasteiger charge is 2.36. The monoisotopic (exact) mass is 319 g/mol. The van der Waals surface area contributed by atoms with E-state index in [0.29, 0.717) is 19.4 Å². The molecule has 5 nitrogen and oxygen atoms in total. The van der Waals surface area contributed by atoms with Crippen molar-refractivity contribution in [3.63, 3.8) is 0 Å². The highest BCUT2D eigenvalue weighted by molar-refractivity contribution is 6.01. The molecule has 3 rings (SSSR count). The number of para-hydroxylation sites is 1. The Morgan fingerprint density at radius 3 is 2.78 bits per heavy atom. The topological polar surface area (TPSA) is 75.4 Å². The number of rotatable bonds is 3. The lowest BCUT2D eigenvalue weighted by molar-refractivity contribution is -0.130. The number of carbonyl (C=O) groups excluding carboxylic acids is 2. The van der Waals surface area contributed by atoms with Crippen LogP contribution >= 0.6 is 0 Å². The van der Waals surface area contributed by atoms with E-state index in [1.54, 1.807) is 18.2 Å². The second-order valence-electron chi connectivity index (χ2n) is 6.41. The fraction of sp³-hybridized carbons (Fsp3) is 0.529. The summed E-state index contributed by atoms with van der Waals surface area (Å²) in [6.45, 7) is 0.412. The van der Waals surface area contributed by atoms with Gasteiger partial charge in [0.15, 0.2) is 0 Å². The summed E-state index contributed by atoms with van der Waals surface area (Å²) in [6, 6.07) is 5.69. The van der Waals surface area contributed by atoms with E-state index in [0.717, 1.165) is 19.3 Å². The molecule has 1 saturated heterocycles. The lowest BCUT2D eigenvalue weighted by Gasteiger charge is -2.26. The highest BCUT2D eigenvalue weighted by Crippen LogP contribution is 2.26. The number of anilines is 1. The number of hydrogen-bond donors (Lipinski definition) is 2. The number of nitrogens with zero attached hydrogens (tertiary/aromatic N) is 1. The Balaban J connectivity index is 1.63. The maximum Gasteiger partial charge on any atom is 0.249 e. The van der Waals surface area contributed by atoms with Gasteiger partial charge in [0.1, 0.15) is 11.9 Å². The van der Waals surface area contributed by atoms with Gasteiger partial charge in [-0.3, -0.25) is 9.59 Å². The van der Waals surface area contributed by atoms with Crippen molar-refractivity contribution in [2.24, 2.45) is 11.7 Å². The van der Waals surface area contributed by atoms with E-state index >= 15 is 0 Å². The molecule has 124 valence electrons. The van der Waals surface area contributed by atoms with E-state index in [4.69, 9.17) is 5.73 Å². The molecule has 3 N–H and O–H groups in total. The standard InChI is InChI=1S/C17H22FN3O2/c18-13-6-1-2-7-15(13)21-9-8-14(17(21)23)20-16(22)11-4-3-5-12(19)10-11/h1-2,6-7,11-12,14H,3-5,8-10,19H2,(H,20,22). The lowest BCUT2D eigenvalue weighted by Crippen LogP contribution is -2.46. The first-order valence-corrected chi connectivity index (χ1v) is 8.18. The third kappa shape index (κ3) is 3.37. The molecule has 1 aromatic rings. The largest absolute Gasteiger partial charge is 0.344 e. The molecule has 1 heterocycles. The van der Waals surface area contributed by atoms with Gasteiger partial charge in [-0.2, -0.15) is 0 Å². The first-order chi connectivity index (χ1) is 11.1. The highest BCUT2D eigenvalue weighted by atomic mass is 19.1. The van der Waals surface area contributed by atoms with Crippen LogP contribution in [0.15, 0.2) is 24.3 Å². The Morgan fingerprint density at radius 2 is 2.04 bits per heavy atom. The molecule has 0 bridgehead atoms. The zero-order valence-electron chi connectivity index (χ0n) is 13.0. The predicted molar refractivity (Wildman–Crippen MR) is 85.2 cm³/mol. The van der Waals surface area contributed by atoms with E-state index < -0.39 is 11.9 Å². The normalized spacial score (nSPS) is 28.0. The Morgan fingerprint density at radius 1 is 1.26 bits per heavy atom. The lowest BCUT2D eigenvalue weighted by atomic mass is 9.85. The van der Waals surface area contributed by atoms with E-state index in [1.165, 1.54) is 11.0 Å². The summed E-state index contributed by atoms with van der Waals surface area (Å²) in [7, 11) is 0. The molecule has 2 fully saturated rings. The maximum absolute atomic E-state index is 13.8. The summed E-state index contributed by atoms with van der Waals surface area (Å²) in [6.07, 6.45) is 3.88. The van der Waals surface area contributed by atoms with Crippen molar-refractivity contribution in [2.75, 3.05) is 11.4 Å². The Hall–Kier alpha value is -1.95. The van der Waals surface area contributed by atoms with Crippen molar-refractivity contribution in [1.29, 1.82) is 0 Å². The molecular formula is C17H22FN3O2. The average Bonchev–Trinajstić information content (AvgIpc) is 2.89. The summed E-state index contributed by atoms with van der Waals surface area (Å²) >= 11 is 0. The van der Waals surface area contributed by atoms with Gasteiger partial charge < -0.3 is 16.0 Å². The molecule has 1 aliphatic heterocycles. The molecule has 0 aromatic heterocycles. The van der Waals surface area contributed by atoms with Crippen LogP contribution in [-0.2, 0) is 9.59 Å². The molecule has 1 saturated carbocycles. The predicted octanol–water partition coefficient (Wildman–Crippen LogP) is 1.56. The number of benzene rings is 1. The molecule has 2 aliphatic rings. The average molecular weight is 319 g/mol. The number of nitrogens with one attached hydrogen (secondary N) is 1. The van der Waals surface area contributed by atoms with Gasteiger partial charge in [0.25, 0.3) is 0 Å². The quantitative estimate of drug-likeness (QED) is 0.888. The summed E-state index contributed by atoms with van der Waals surface area (Å²) in [5.74, 6) is -0.891. The number of halogens is 1. The third-order valence-corrected chi connectivity index (χ3v) is 4.75. The first-order valence-electron chi connectivity index (χ1n) is 8.18. The van der Waals surface area contributed by atoms with Gasteiger partial charge in [0, 0.05) is 18.5 Å². The van der Waals surface area contributed by atoms with E-state index in [9.17, 15) is 14.0 Å². The van der Waals surface area contributed by atoms with Gasteiger partial charge in [-0.25, -0.2) is 4.39 Å². The number of amides is 2. The van der Waals surface area contributed by atoms with E-state index in [-0.39, 0.29) is 29.5 Å². The van der Waals surface area contributed by atoms with Crippen LogP contribution in [0.25, 0.3) is 0 Å². The van der Waals surface area contributed by atoms with Gasteiger partial charge in [-0.05, 0) is 37.8 Å². The van der Waals surface area contributed by atoms with Gasteiger partial charge in [0.05, 0.1) is 5.69 Å². The van der Waals surface area contributed by atoms with Gasteiger partial charge in [-0.15, -0.1) is 0 Å². The molecule has 1 aromatic carbocycles. The maximum atomic E-state index is 13.8. The van der Waals surface area contributed by atoms with Crippen LogP contribution in [-0.4, -0.2) is 30.4 Å². The number of carbonyl (C=O) groups is 2. The Kier molecular flexibility index (Phi) is 4.61. The number of nitrogens with two attached hydrogens (primary N) is 1. The van der Waals surface area contributed by atoms with Crippen molar-refractivity contribution < 1.29 is 14.0 Å². The van der Waals surface area contributed by atoms with Crippen LogP contribution < -0.4 is 16.0 Å². The smallest absolute Gasteiger partial charge is 0.249 e. The molecule has 1 aliphatic carbocycles. The van der Waals surface area contributed by atoms with Crippen molar-refractivity contribution in [3.8, 4) is 0 Å². The molecule has 23 heavy (non-hydrogen) atoms. The van der Waals surface area contributed by atoms with Crippen molar-refractivity contribution >= 4 is 17.5 Å².